The summed E-state index contributed by atoms with van der Waals surface area (Å²) in [5, 5.41) is 5.84. The van der Waals surface area contributed by atoms with Crippen molar-refractivity contribution in [2.45, 2.75) is 12.8 Å². The van der Waals surface area contributed by atoms with Gasteiger partial charge in [-0.25, -0.2) is 0 Å². The van der Waals surface area contributed by atoms with Gasteiger partial charge in [0.2, 0.25) is 11.8 Å². The first-order valence-electron chi connectivity index (χ1n) is 5.51. The summed E-state index contributed by atoms with van der Waals surface area (Å²) in [4.78, 5) is 24.2. The third kappa shape index (κ3) is 2.68. The number of carbonyl (C=O) groups excluding carboxylic acids is 2. The first kappa shape index (κ1) is 10.4. The van der Waals surface area contributed by atoms with E-state index in [1.165, 1.54) is 6.42 Å². The zero-order valence-electron chi connectivity index (χ0n) is 8.79. The van der Waals surface area contributed by atoms with Gasteiger partial charge in [0.25, 0.3) is 0 Å². The minimum atomic E-state index is -0.0425. The van der Waals surface area contributed by atoms with Crippen molar-refractivity contribution in [3.05, 3.63) is 0 Å². The van der Waals surface area contributed by atoms with Gasteiger partial charge in [-0.2, -0.15) is 0 Å². The number of amides is 2. The highest BCUT2D eigenvalue weighted by atomic mass is 16.2. The molecular formula is C10H17N3O2. The van der Waals surface area contributed by atoms with Gasteiger partial charge in [-0.05, 0) is 31.8 Å². The number of nitrogens with one attached hydrogen (secondary N) is 2. The van der Waals surface area contributed by atoms with Gasteiger partial charge in [-0.1, -0.05) is 0 Å². The van der Waals surface area contributed by atoms with E-state index in [1.807, 2.05) is 0 Å². The van der Waals surface area contributed by atoms with Crippen LogP contribution in [0.2, 0.25) is 0 Å². The standard InChI is InChI=1S/C10H17N3O2/c14-9-7-13(10(15)6-12-9)4-2-8-1-3-11-5-8/h8,11H,1-7H2,(H,12,14). The maximum absolute atomic E-state index is 11.4. The van der Waals surface area contributed by atoms with E-state index in [9.17, 15) is 9.59 Å². The maximum Gasteiger partial charge on any atom is 0.242 e. The van der Waals surface area contributed by atoms with Crippen molar-refractivity contribution in [1.82, 2.24) is 15.5 Å². The Balaban J connectivity index is 1.76. The van der Waals surface area contributed by atoms with Crippen LogP contribution in [0.15, 0.2) is 0 Å². The Bertz CT molecular complexity index is 261. The van der Waals surface area contributed by atoms with Crippen LogP contribution in [0.5, 0.6) is 0 Å². The van der Waals surface area contributed by atoms with Crippen molar-refractivity contribution in [3.63, 3.8) is 0 Å². The van der Waals surface area contributed by atoms with Gasteiger partial charge in [0.15, 0.2) is 0 Å². The Morgan fingerprint density at radius 2 is 2.27 bits per heavy atom. The number of rotatable bonds is 3. The number of carbonyl (C=O) groups is 2. The molecule has 2 aliphatic rings. The van der Waals surface area contributed by atoms with Gasteiger partial charge in [0.05, 0.1) is 13.1 Å². The second kappa shape index (κ2) is 4.61. The molecule has 15 heavy (non-hydrogen) atoms. The summed E-state index contributed by atoms with van der Waals surface area (Å²) in [6.45, 7) is 3.26. The van der Waals surface area contributed by atoms with Crippen LogP contribution in [0.1, 0.15) is 12.8 Å². The largest absolute Gasteiger partial charge is 0.345 e. The molecule has 0 bridgehead atoms. The summed E-state index contributed by atoms with van der Waals surface area (Å²) in [5.74, 6) is 0.669. The fraction of sp³-hybridized carbons (Fsp3) is 0.800. The van der Waals surface area contributed by atoms with Crippen molar-refractivity contribution >= 4 is 11.8 Å². The molecule has 2 rings (SSSR count). The van der Waals surface area contributed by atoms with E-state index >= 15 is 0 Å². The average molecular weight is 211 g/mol. The Labute approximate surface area is 89.2 Å². The summed E-state index contributed by atoms with van der Waals surface area (Å²) in [7, 11) is 0. The van der Waals surface area contributed by atoms with Crippen LogP contribution < -0.4 is 10.6 Å². The predicted octanol–water partition coefficient (Wildman–Crippen LogP) is -1.06. The molecule has 2 amide bonds. The van der Waals surface area contributed by atoms with E-state index in [2.05, 4.69) is 10.6 Å². The highest BCUT2D eigenvalue weighted by molar-refractivity contribution is 5.92. The van der Waals surface area contributed by atoms with Gasteiger partial charge < -0.3 is 15.5 Å². The molecule has 0 aromatic rings. The highest BCUT2D eigenvalue weighted by Crippen LogP contribution is 2.13. The van der Waals surface area contributed by atoms with Crippen LogP contribution in [-0.4, -0.2) is 49.4 Å². The summed E-state index contributed by atoms with van der Waals surface area (Å²) in [6.07, 6.45) is 2.19. The Morgan fingerprint density at radius 1 is 1.40 bits per heavy atom. The molecule has 0 spiro atoms. The lowest BCUT2D eigenvalue weighted by Crippen LogP contribution is -2.51. The Hall–Kier alpha value is -1.10. The summed E-state index contributed by atoms with van der Waals surface area (Å²) < 4.78 is 0. The first-order valence-corrected chi connectivity index (χ1v) is 5.51. The molecule has 5 nitrogen and oxygen atoms in total. The quantitative estimate of drug-likeness (QED) is 0.626. The smallest absolute Gasteiger partial charge is 0.242 e. The topological polar surface area (TPSA) is 61.4 Å². The molecule has 5 heteroatoms. The molecule has 2 N–H and O–H groups in total. The number of hydrogen-bond acceptors (Lipinski definition) is 3. The van der Waals surface area contributed by atoms with E-state index in [-0.39, 0.29) is 24.9 Å². The van der Waals surface area contributed by atoms with Gasteiger partial charge >= 0.3 is 0 Å². The van der Waals surface area contributed by atoms with E-state index in [0.29, 0.717) is 5.92 Å². The molecule has 0 aromatic carbocycles. The lowest BCUT2D eigenvalue weighted by molar-refractivity contribution is -0.140. The maximum atomic E-state index is 11.4. The molecule has 2 aliphatic heterocycles. The van der Waals surface area contributed by atoms with Crippen LogP contribution in [-0.2, 0) is 9.59 Å². The van der Waals surface area contributed by atoms with Gasteiger partial charge in [-0.15, -0.1) is 0 Å². The van der Waals surface area contributed by atoms with Crippen LogP contribution in [0.3, 0.4) is 0 Å². The highest BCUT2D eigenvalue weighted by Gasteiger charge is 2.24. The molecule has 0 aliphatic carbocycles. The van der Waals surface area contributed by atoms with Crippen molar-refractivity contribution in [1.29, 1.82) is 0 Å². The van der Waals surface area contributed by atoms with Crippen molar-refractivity contribution in [2.24, 2.45) is 5.92 Å². The van der Waals surface area contributed by atoms with Crippen LogP contribution >= 0.6 is 0 Å². The lowest BCUT2D eigenvalue weighted by atomic mass is 10.0. The minimum absolute atomic E-state index is 0.0422. The third-order valence-corrected chi connectivity index (χ3v) is 3.09. The number of piperazine rings is 1. The van der Waals surface area contributed by atoms with Crippen molar-refractivity contribution in [2.75, 3.05) is 32.7 Å². The first-order chi connectivity index (χ1) is 7.25. The SMILES string of the molecule is O=C1CN(CCC2CCNC2)C(=O)CN1. The molecule has 1 atom stereocenters. The second-order valence-electron chi connectivity index (χ2n) is 4.24. The molecule has 2 heterocycles. The number of hydrogen-bond donors (Lipinski definition) is 2. The predicted molar refractivity (Wildman–Crippen MR) is 55.2 cm³/mol. The zero-order chi connectivity index (χ0) is 10.7. The second-order valence-corrected chi connectivity index (χ2v) is 4.24. The number of nitrogens with zero attached hydrogens (tertiary/aromatic N) is 1. The molecule has 0 saturated carbocycles. The lowest BCUT2D eigenvalue weighted by Gasteiger charge is -2.27. The third-order valence-electron chi connectivity index (χ3n) is 3.09. The van der Waals surface area contributed by atoms with Crippen LogP contribution in [0.25, 0.3) is 0 Å². The van der Waals surface area contributed by atoms with Crippen molar-refractivity contribution < 1.29 is 9.59 Å². The van der Waals surface area contributed by atoms with Crippen LogP contribution in [0, 0.1) is 5.92 Å². The molecular weight excluding hydrogens is 194 g/mol. The molecule has 0 radical (unpaired) electrons. The minimum Gasteiger partial charge on any atom is -0.345 e. The van der Waals surface area contributed by atoms with E-state index < -0.39 is 0 Å². The Kier molecular flexibility index (Phi) is 3.20. The summed E-state index contributed by atoms with van der Waals surface area (Å²) in [5.41, 5.74) is 0. The van der Waals surface area contributed by atoms with Gasteiger partial charge in [0.1, 0.15) is 0 Å². The van der Waals surface area contributed by atoms with Gasteiger partial charge in [-0.3, -0.25) is 9.59 Å². The summed E-state index contributed by atoms with van der Waals surface area (Å²) >= 11 is 0. The monoisotopic (exact) mass is 211 g/mol. The zero-order valence-corrected chi connectivity index (χ0v) is 8.79. The molecule has 1 unspecified atom stereocenters. The average Bonchev–Trinajstić information content (AvgIpc) is 2.72. The fourth-order valence-electron chi connectivity index (χ4n) is 2.11. The summed E-state index contributed by atoms with van der Waals surface area (Å²) in [6, 6.07) is 0. The van der Waals surface area contributed by atoms with E-state index in [4.69, 9.17) is 0 Å². The molecule has 2 saturated heterocycles. The fourth-order valence-corrected chi connectivity index (χ4v) is 2.11. The molecule has 84 valence electrons. The van der Waals surface area contributed by atoms with Crippen LogP contribution in [0.4, 0.5) is 0 Å². The molecule has 0 aromatic heterocycles. The molecule has 2 fully saturated rings. The van der Waals surface area contributed by atoms with Gasteiger partial charge in [0, 0.05) is 6.54 Å². The van der Waals surface area contributed by atoms with Crippen molar-refractivity contribution in [3.8, 4) is 0 Å². The Morgan fingerprint density at radius 3 is 3.00 bits per heavy atom. The van der Waals surface area contributed by atoms with E-state index in [1.54, 1.807) is 4.90 Å². The normalized spacial score (nSPS) is 26.9. The van der Waals surface area contributed by atoms with E-state index in [0.717, 1.165) is 26.1 Å².